The zero-order chi connectivity index (χ0) is 42.4. The smallest absolute Gasteiger partial charge is 0.306 e. The van der Waals surface area contributed by atoms with Crippen LogP contribution in [0.3, 0.4) is 0 Å². The van der Waals surface area contributed by atoms with Crippen LogP contribution in [0, 0.1) is 6.92 Å². The molecule has 12 heteroatoms. The van der Waals surface area contributed by atoms with E-state index in [0.717, 1.165) is 58.5 Å². The predicted molar refractivity (Wildman–Crippen MR) is 232 cm³/mol. The Morgan fingerprint density at radius 3 is 2.13 bits per heavy atom. The normalized spacial score (nSPS) is 16.9. The molecule has 4 aliphatic heterocycles. The second-order valence-electron chi connectivity index (χ2n) is 16.0. The molecule has 4 heterocycles. The van der Waals surface area contributed by atoms with Crippen molar-refractivity contribution in [3.05, 3.63) is 136 Å². The molecule has 310 valence electrons. The number of aryl methyl sites for hydroxylation is 2. The molecule has 61 heavy (non-hydrogen) atoms. The van der Waals surface area contributed by atoms with E-state index in [4.69, 9.17) is 23.9 Å². The van der Waals surface area contributed by atoms with Crippen molar-refractivity contribution in [1.82, 2.24) is 0 Å². The van der Waals surface area contributed by atoms with Crippen LogP contribution in [0.25, 0.3) is 0 Å². The first-order valence-corrected chi connectivity index (χ1v) is 20.5. The Morgan fingerprint density at radius 2 is 1.41 bits per heavy atom. The highest BCUT2D eigenvalue weighted by Gasteiger charge is 2.38. The Labute approximate surface area is 354 Å². The van der Waals surface area contributed by atoms with Crippen LogP contribution in [0.4, 0.5) is 22.7 Å². The van der Waals surface area contributed by atoms with Gasteiger partial charge in [-0.1, -0.05) is 36.4 Å². The summed E-state index contributed by atoms with van der Waals surface area (Å²) in [5.41, 5.74) is 9.68. The molecule has 9 rings (SSSR count). The summed E-state index contributed by atoms with van der Waals surface area (Å²) in [7, 11) is 4.49. The van der Waals surface area contributed by atoms with Gasteiger partial charge in [0.25, 0.3) is 11.8 Å². The van der Waals surface area contributed by atoms with E-state index in [9.17, 15) is 19.2 Å². The highest BCUT2D eigenvalue weighted by atomic mass is 16.5. The fraction of sp³-hybridized carbons (Fsp3) is 0.286. The first-order chi connectivity index (χ1) is 29.6. The lowest BCUT2D eigenvalue weighted by Gasteiger charge is -2.23. The minimum atomic E-state index is -0.466. The number of anilines is 3. The maximum Gasteiger partial charge on any atom is 0.306 e. The number of carbonyl (C=O) groups is 4. The molecule has 0 saturated carbocycles. The number of nitrogens with zero attached hydrogens (tertiary/aromatic N) is 4. The van der Waals surface area contributed by atoms with Crippen LogP contribution in [0.15, 0.2) is 96.0 Å². The number of amides is 3. The van der Waals surface area contributed by atoms with Crippen molar-refractivity contribution in [1.29, 1.82) is 0 Å². The quantitative estimate of drug-likeness (QED) is 0.123. The molecule has 0 saturated heterocycles. The standard InChI is InChI=1S/C49H46N4O8/c1-29-17-38-32(13-14-35-21-33-9-5-7-11-41(33)52(35)48(38)56)23-43(29)60-27-30-18-31(20-36(19-30)51(2)46(54)15-16-47(55)59-4)28-61-45-25-40-39(24-44(45)58-3)49(57)53-37(26-50-40)22-34-10-6-8-12-42(34)53/h5-12,17-20,23-26,35,37H,13-16,21-22,27-28H2,1-4H3/t35-,37+/m1/s1. The third-order valence-electron chi connectivity index (χ3n) is 12.2. The number of hydrogen-bond acceptors (Lipinski definition) is 9. The number of rotatable bonds is 11. The first kappa shape index (κ1) is 39.5. The molecule has 12 nitrogen and oxygen atoms in total. The molecule has 0 aliphatic carbocycles. The molecule has 0 bridgehead atoms. The summed E-state index contributed by atoms with van der Waals surface area (Å²) < 4.78 is 23.4. The van der Waals surface area contributed by atoms with E-state index in [0.29, 0.717) is 46.2 Å². The van der Waals surface area contributed by atoms with E-state index in [1.165, 1.54) is 24.7 Å². The number of fused-ring (bicyclic) bond motifs is 8. The summed E-state index contributed by atoms with van der Waals surface area (Å²) in [6, 6.07) is 29.0. The van der Waals surface area contributed by atoms with Crippen molar-refractivity contribution in [3.8, 4) is 17.2 Å². The molecule has 0 aromatic heterocycles. The van der Waals surface area contributed by atoms with Gasteiger partial charge in [0.1, 0.15) is 19.0 Å². The lowest BCUT2D eigenvalue weighted by atomic mass is 9.98. The Kier molecular flexibility index (Phi) is 10.5. The van der Waals surface area contributed by atoms with Gasteiger partial charge in [-0.2, -0.15) is 0 Å². The summed E-state index contributed by atoms with van der Waals surface area (Å²) in [4.78, 5) is 63.1. The Bertz CT molecular complexity index is 2640. The van der Waals surface area contributed by atoms with Crippen LogP contribution in [0.5, 0.6) is 17.2 Å². The molecule has 0 fully saturated rings. The van der Waals surface area contributed by atoms with Gasteiger partial charge in [0.05, 0.1) is 37.9 Å². The number of aliphatic imine (C=N–C) groups is 1. The minimum Gasteiger partial charge on any atom is -0.493 e. The third kappa shape index (κ3) is 7.47. The summed E-state index contributed by atoms with van der Waals surface area (Å²) in [5, 5.41) is 0. The second kappa shape index (κ2) is 16.2. The van der Waals surface area contributed by atoms with Gasteiger partial charge in [-0.15, -0.1) is 0 Å². The molecule has 0 radical (unpaired) electrons. The Hall–Kier alpha value is -6.95. The van der Waals surface area contributed by atoms with Crippen LogP contribution < -0.4 is 28.9 Å². The molecular formula is C49H46N4O8. The molecule has 5 aromatic carbocycles. The lowest BCUT2D eigenvalue weighted by molar-refractivity contribution is -0.141. The number of carbonyl (C=O) groups excluding carboxylic acids is 4. The summed E-state index contributed by atoms with van der Waals surface area (Å²) >= 11 is 0. The summed E-state index contributed by atoms with van der Waals surface area (Å²) in [5.74, 6) is 0.587. The highest BCUT2D eigenvalue weighted by Crippen LogP contribution is 2.42. The van der Waals surface area contributed by atoms with Crippen LogP contribution in [0.1, 0.15) is 73.4 Å². The number of esters is 1. The maximum absolute atomic E-state index is 14.0. The molecule has 0 N–H and O–H groups in total. The van der Waals surface area contributed by atoms with Gasteiger partial charge >= 0.3 is 5.97 Å². The number of methoxy groups -OCH3 is 2. The zero-order valence-corrected chi connectivity index (χ0v) is 34.6. The molecule has 3 amide bonds. The second-order valence-corrected chi connectivity index (χ2v) is 16.0. The van der Waals surface area contributed by atoms with Crippen molar-refractivity contribution in [2.45, 2.75) is 70.7 Å². The minimum absolute atomic E-state index is 0.0185. The molecule has 2 atom stereocenters. The molecule has 4 aliphatic rings. The fourth-order valence-electron chi connectivity index (χ4n) is 8.95. The van der Waals surface area contributed by atoms with E-state index < -0.39 is 5.97 Å². The largest absolute Gasteiger partial charge is 0.493 e. The fourth-order valence-corrected chi connectivity index (χ4v) is 8.95. The summed E-state index contributed by atoms with van der Waals surface area (Å²) in [6.45, 7) is 2.20. The molecule has 5 aromatic rings. The van der Waals surface area contributed by atoms with E-state index in [1.54, 1.807) is 24.1 Å². The third-order valence-corrected chi connectivity index (χ3v) is 12.2. The van der Waals surface area contributed by atoms with E-state index >= 15 is 0 Å². The number of para-hydroxylation sites is 2. The van der Waals surface area contributed by atoms with Crippen LogP contribution in [-0.4, -0.2) is 63.3 Å². The Morgan fingerprint density at radius 1 is 0.738 bits per heavy atom. The first-order valence-electron chi connectivity index (χ1n) is 20.5. The van der Waals surface area contributed by atoms with E-state index in [-0.39, 0.29) is 55.9 Å². The average Bonchev–Trinajstić information content (AvgIpc) is 3.77. The highest BCUT2D eigenvalue weighted by molar-refractivity contribution is 6.15. The topological polar surface area (TPSA) is 127 Å². The van der Waals surface area contributed by atoms with Gasteiger partial charge in [-0.05, 0) is 108 Å². The van der Waals surface area contributed by atoms with Gasteiger partial charge in [-0.25, -0.2) is 0 Å². The molecule has 0 spiro atoms. The van der Waals surface area contributed by atoms with E-state index in [2.05, 4.69) is 6.07 Å². The van der Waals surface area contributed by atoms with E-state index in [1.807, 2.05) is 90.8 Å². The predicted octanol–water partition coefficient (Wildman–Crippen LogP) is 7.88. The number of benzene rings is 5. The number of hydrogen-bond donors (Lipinski definition) is 0. The van der Waals surface area contributed by atoms with Crippen molar-refractivity contribution in [2.75, 3.05) is 36.0 Å². The van der Waals surface area contributed by atoms with Gasteiger partial charge in [0, 0.05) is 60.8 Å². The maximum atomic E-state index is 14.0. The van der Waals surface area contributed by atoms with Gasteiger partial charge < -0.3 is 28.7 Å². The van der Waals surface area contributed by atoms with Crippen LogP contribution >= 0.6 is 0 Å². The van der Waals surface area contributed by atoms with Crippen molar-refractivity contribution < 1.29 is 38.1 Å². The molecular weight excluding hydrogens is 773 g/mol. The number of ether oxygens (including phenoxy) is 4. The monoisotopic (exact) mass is 818 g/mol. The zero-order valence-electron chi connectivity index (χ0n) is 34.6. The summed E-state index contributed by atoms with van der Waals surface area (Å²) in [6.07, 6.45) is 4.88. The van der Waals surface area contributed by atoms with Crippen LogP contribution in [-0.2, 0) is 46.8 Å². The van der Waals surface area contributed by atoms with Crippen molar-refractivity contribution in [2.24, 2.45) is 4.99 Å². The molecule has 0 unspecified atom stereocenters. The van der Waals surface area contributed by atoms with Gasteiger partial charge in [-0.3, -0.25) is 29.1 Å². The van der Waals surface area contributed by atoms with Gasteiger partial charge in [0.15, 0.2) is 11.5 Å². The van der Waals surface area contributed by atoms with Crippen LogP contribution in [0.2, 0.25) is 0 Å². The SMILES string of the molecule is COC(=O)CCC(=O)N(C)c1cc(COc2cc3c(cc2C)C(=O)N2c4ccccc4C[C@H]2CC3)cc(COc2cc3c(cc2OC)C(=O)N2c4ccccc4C[C@H]2C=N3)c1. The lowest BCUT2D eigenvalue weighted by Crippen LogP contribution is -2.37. The van der Waals surface area contributed by atoms with Crippen molar-refractivity contribution in [3.63, 3.8) is 0 Å². The Balaban J connectivity index is 0.972. The average molecular weight is 819 g/mol. The van der Waals surface area contributed by atoms with Crippen molar-refractivity contribution >= 4 is 52.7 Å². The van der Waals surface area contributed by atoms with Gasteiger partial charge in [0.2, 0.25) is 5.91 Å².